The Labute approximate surface area is 174 Å². The van der Waals surface area contributed by atoms with E-state index in [1.54, 1.807) is 0 Å². The average Bonchev–Trinajstić information content (AvgIpc) is 3.19. The van der Waals surface area contributed by atoms with Crippen molar-refractivity contribution in [3.8, 4) is 0 Å². The molecule has 0 radical (unpaired) electrons. The number of nitrogens with two attached hydrogens (primary N) is 1. The fourth-order valence-electron chi connectivity index (χ4n) is 3.59. The predicted octanol–water partition coefficient (Wildman–Crippen LogP) is 3.53. The van der Waals surface area contributed by atoms with Crippen LogP contribution in [0.1, 0.15) is 35.9 Å². The number of rotatable bonds is 7. The highest BCUT2D eigenvalue weighted by Crippen LogP contribution is 2.24. The highest BCUT2D eigenvalue weighted by molar-refractivity contribution is 5.85. The lowest BCUT2D eigenvalue weighted by molar-refractivity contribution is -0.122. The van der Waals surface area contributed by atoms with Crippen LogP contribution in [0.3, 0.4) is 0 Å². The van der Waals surface area contributed by atoms with Gasteiger partial charge < -0.3 is 11.1 Å². The Morgan fingerprint density at radius 3 is 1.96 bits per heavy atom. The zero-order valence-corrected chi connectivity index (χ0v) is 17.1. The topological polar surface area (TPSA) is 58.4 Å². The van der Waals surface area contributed by atoms with Crippen molar-refractivity contribution in [2.75, 3.05) is 26.2 Å². The summed E-state index contributed by atoms with van der Waals surface area (Å²) in [4.78, 5) is 15.2. The smallest absolute Gasteiger partial charge is 0.228 e. The molecule has 6 heteroatoms. The largest absolute Gasteiger partial charge is 0.354 e. The Bertz CT molecular complexity index is 664. The van der Waals surface area contributed by atoms with Crippen molar-refractivity contribution in [3.63, 3.8) is 0 Å². The fourth-order valence-corrected chi connectivity index (χ4v) is 3.59. The number of hydrogen-bond donors (Lipinski definition) is 2. The van der Waals surface area contributed by atoms with E-state index in [4.69, 9.17) is 5.73 Å². The summed E-state index contributed by atoms with van der Waals surface area (Å²) in [5, 5.41) is 3.15. The molecule has 148 valence electrons. The lowest BCUT2D eigenvalue weighted by Gasteiger charge is -2.29. The number of hydrogen-bond acceptors (Lipinski definition) is 3. The van der Waals surface area contributed by atoms with Crippen LogP contribution in [0.25, 0.3) is 0 Å². The quantitative estimate of drug-likeness (QED) is 0.734. The van der Waals surface area contributed by atoms with Crippen LogP contribution in [-0.4, -0.2) is 37.0 Å². The van der Waals surface area contributed by atoms with Gasteiger partial charge in [0, 0.05) is 13.1 Å². The molecule has 0 bridgehead atoms. The maximum atomic E-state index is 12.7. The Balaban J connectivity index is 0.00000182. The maximum absolute atomic E-state index is 12.7. The minimum atomic E-state index is -0.295. The molecule has 2 aromatic rings. The van der Waals surface area contributed by atoms with E-state index in [1.807, 2.05) is 36.4 Å². The maximum Gasteiger partial charge on any atom is 0.228 e. The number of carbonyl (C=O) groups is 1. The van der Waals surface area contributed by atoms with Crippen LogP contribution in [0, 0.1) is 0 Å². The molecule has 2 unspecified atom stereocenters. The van der Waals surface area contributed by atoms with E-state index in [-0.39, 0.29) is 42.7 Å². The van der Waals surface area contributed by atoms with E-state index in [0.717, 1.165) is 18.7 Å². The van der Waals surface area contributed by atoms with E-state index < -0.39 is 0 Å². The van der Waals surface area contributed by atoms with Crippen LogP contribution in [0.15, 0.2) is 60.7 Å². The molecule has 3 N–H and O–H groups in total. The van der Waals surface area contributed by atoms with Crippen molar-refractivity contribution in [2.45, 2.75) is 24.8 Å². The van der Waals surface area contributed by atoms with Gasteiger partial charge in [-0.25, -0.2) is 0 Å². The third-order valence-electron chi connectivity index (χ3n) is 4.99. The fraction of sp³-hybridized carbons (Fsp3) is 0.381. The SMILES string of the molecule is Cl.Cl.NCC(C(=O)NCC(c1ccccc1)N1CCCC1)c1ccccc1. The first-order valence-corrected chi connectivity index (χ1v) is 9.11. The molecule has 2 aromatic carbocycles. The van der Waals surface area contributed by atoms with Gasteiger partial charge in [-0.15, -0.1) is 24.8 Å². The summed E-state index contributed by atoms with van der Waals surface area (Å²) in [6.45, 7) is 3.12. The molecule has 1 fully saturated rings. The minimum absolute atomic E-state index is 0. The summed E-state index contributed by atoms with van der Waals surface area (Å²) < 4.78 is 0. The minimum Gasteiger partial charge on any atom is -0.354 e. The molecule has 0 aromatic heterocycles. The average molecular weight is 410 g/mol. The second-order valence-corrected chi connectivity index (χ2v) is 6.61. The number of amides is 1. The lowest BCUT2D eigenvalue weighted by atomic mass is 9.98. The second kappa shape index (κ2) is 12.0. The third kappa shape index (κ3) is 6.22. The molecule has 4 nitrogen and oxygen atoms in total. The van der Waals surface area contributed by atoms with Crippen molar-refractivity contribution in [3.05, 3.63) is 71.8 Å². The van der Waals surface area contributed by atoms with Gasteiger partial charge in [0.2, 0.25) is 5.91 Å². The molecule has 0 spiro atoms. The third-order valence-corrected chi connectivity index (χ3v) is 4.99. The van der Waals surface area contributed by atoms with Crippen molar-refractivity contribution >= 4 is 30.7 Å². The van der Waals surface area contributed by atoms with Crippen molar-refractivity contribution in [1.82, 2.24) is 10.2 Å². The number of carbonyl (C=O) groups excluding carboxylic acids is 1. The number of nitrogens with one attached hydrogen (secondary N) is 1. The van der Waals surface area contributed by atoms with Gasteiger partial charge >= 0.3 is 0 Å². The first-order chi connectivity index (χ1) is 12.3. The van der Waals surface area contributed by atoms with Gasteiger partial charge in [0.05, 0.1) is 12.0 Å². The first-order valence-electron chi connectivity index (χ1n) is 9.11. The molecule has 0 saturated carbocycles. The highest BCUT2D eigenvalue weighted by atomic mass is 35.5. The Morgan fingerprint density at radius 1 is 0.926 bits per heavy atom. The van der Waals surface area contributed by atoms with Crippen LogP contribution < -0.4 is 11.1 Å². The van der Waals surface area contributed by atoms with E-state index in [0.29, 0.717) is 13.1 Å². The lowest BCUT2D eigenvalue weighted by Crippen LogP contribution is -2.40. The Morgan fingerprint density at radius 2 is 1.44 bits per heavy atom. The molecule has 1 aliphatic heterocycles. The van der Waals surface area contributed by atoms with Crippen LogP contribution in [0.4, 0.5) is 0 Å². The molecule has 1 heterocycles. The molecule has 1 amide bonds. The first kappa shape index (κ1) is 23.4. The van der Waals surface area contributed by atoms with Gasteiger partial charge in [-0.05, 0) is 37.1 Å². The van der Waals surface area contributed by atoms with Crippen LogP contribution in [-0.2, 0) is 4.79 Å². The summed E-state index contributed by atoms with van der Waals surface area (Å²) in [7, 11) is 0. The monoisotopic (exact) mass is 409 g/mol. The summed E-state index contributed by atoms with van der Waals surface area (Å²) in [5.41, 5.74) is 8.10. The second-order valence-electron chi connectivity index (χ2n) is 6.61. The van der Waals surface area contributed by atoms with E-state index in [2.05, 4.69) is 34.5 Å². The standard InChI is InChI=1S/C21H27N3O.2ClH/c22-15-19(17-9-3-1-4-10-17)21(25)23-16-20(24-13-7-8-14-24)18-11-5-2-6-12-18;;/h1-6,9-12,19-20H,7-8,13-16,22H2,(H,23,25);2*1H. The molecule has 2 atom stereocenters. The normalized spacial score (nSPS) is 15.9. The molecular weight excluding hydrogens is 381 g/mol. The van der Waals surface area contributed by atoms with Gasteiger partial charge in [-0.3, -0.25) is 9.69 Å². The van der Waals surface area contributed by atoms with Gasteiger partial charge in [0.25, 0.3) is 0 Å². The molecule has 1 saturated heterocycles. The molecule has 0 aliphatic carbocycles. The van der Waals surface area contributed by atoms with E-state index in [1.165, 1.54) is 18.4 Å². The van der Waals surface area contributed by atoms with Crippen molar-refractivity contribution in [1.29, 1.82) is 0 Å². The van der Waals surface area contributed by atoms with Gasteiger partial charge in [0.1, 0.15) is 0 Å². The van der Waals surface area contributed by atoms with Crippen LogP contribution in [0.5, 0.6) is 0 Å². The van der Waals surface area contributed by atoms with Gasteiger partial charge in [0.15, 0.2) is 0 Å². The molecule has 27 heavy (non-hydrogen) atoms. The number of likely N-dealkylation sites (tertiary alicyclic amines) is 1. The van der Waals surface area contributed by atoms with Crippen molar-refractivity contribution < 1.29 is 4.79 Å². The van der Waals surface area contributed by atoms with Crippen LogP contribution in [0.2, 0.25) is 0 Å². The van der Waals surface area contributed by atoms with Gasteiger partial charge in [-0.1, -0.05) is 60.7 Å². The number of benzene rings is 2. The Hall–Kier alpha value is -1.59. The number of halogens is 2. The van der Waals surface area contributed by atoms with E-state index >= 15 is 0 Å². The molecular formula is C21H29Cl2N3O. The molecule has 1 aliphatic rings. The highest BCUT2D eigenvalue weighted by Gasteiger charge is 2.25. The van der Waals surface area contributed by atoms with Crippen LogP contribution >= 0.6 is 24.8 Å². The summed E-state index contributed by atoms with van der Waals surface area (Å²) in [6.07, 6.45) is 2.46. The molecule has 3 rings (SSSR count). The summed E-state index contributed by atoms with van der Waals surface area (Å²) >= 11 is 0. The number of nitrogens with zero attached hydrogens (tertiary/aromatic N) is 1. The van der Waals surface area contributed by atoms with E-state index in [9.17, 15) is 4.79 Å². The zero-order valence-electron chi connectivity index (χ0n) is 15.4. The Kier molecular flexibility index (Phi) is 10.4. The van der Waals surface area contributed by atoms with Crippen molar-refractivity contribution in [2.24, 2.45) is 5.73 Å². The van der Waals surface area contributed by atoms with Gasteiger partial charge in [-0.2, -0.15) is 0 Å². The zero-order chi connectivity index (χ0) is 17.5. The predicted molar refractivity (Wildman–Crippen MR) is 116 cm³/mol. The summed E-state index contributed by atoms with van der Waals surface area (Å²) in [5.74, 6) is -0.287. The summed E-state index contributed by atoms with van der Waals surface area (Å²) in [6, 6.07) is 20.4.